The van der Waals surface area contributed by atoms with Crippen LogP contribution in [-0.4, -0.2) is 22.2 Å². The molecule has 4 rings (SSSR count). The summed E-state index contributed by atoms with van der Waals surface area (Å²) in [5, 5.41) is 5.15. The molecule has 5 nitrogen and oxygen atoms in total. The monoisotopic (exact) mass is 331 g/mol. The molecule has 5 heteroatoms. The van der Waals surface area contributed by atoms with E-state index in [4.69, 9.17) is 9.26 Å². The second-order valence-corrected chi connectivity index (χ2v) is 5.93. The molecule has 0 saturated heterocycles. The topological polar surface area (TPSA) is 61.0 Å². The van der Waals surface area contributed by atoms with E-state index in [9.17, 15) is 0 Å². The fourth-order valence-electron chi connectivity index (χ4n) is 2.90. The smallest absolute Gasteiger partial charge is 0.258 e. The molecule has 0 fully saturated rings. The first-order valence-corrected chi connectivity index (χ1v) is 8.02. The molecule has 0 saturated carbocycles. The lowest BCUT2D eigenvalue weighted by atomic mass is 10.1. The fraction of sp³-hybridized carbons (Fsp3) is 0.150. The van der Waals surface area contributed by atoms with E-state index in [1.54, 1.807) is 7.11 Å². The Morgan fingerprint density at radius 2 is 1.68 bits per heavy atom. The molecule has 2 aromatic heterocycles. The van der Waals surface area contributed by atoms with E-state index in [0.29, 0.717) is 23.2 Å². The zero-order valence-electron chi connectivity index (χ0n) is 14.3. The van der Waals surface area contributed by atoms with Gasteiger partial charge in [0.25, 0.3) is 5.89 Å². The van der Waals surface area contributed by atoms with Crippen LogP contribution in [0.5, 0.6) is 5.88 Å². The lowest BCUT2D eigenvalue weighted by Crippen LogP contribution is -1.95. The molecule has 0 N–H and O–H groups in total. The van der Waals surface area contributed by atoms with Crippen molar-refractivity contribution in [2.24, 2.45) is 0 Å². The van der Waals surface area contributed by atoms with Crippen LogP contribution in [0.4, 0.5) is 0 Å². The molecule has 25 heavy (non-hydrogen) atoms. The van der Waals surface area contributed by atoms with Crippen molar-refractivity contribution in [3.05, 3.63) is 59.7 Å². The van der Waals surface area contributed by atoms with E-state index < -0.39 is 0 Å². The van der Waals surface area contributed by atoms with Gasteiger partial charge in [-0.15, -0.1) is 0 Å². The number of aromatic nitrogens is 3. The summed E-state index contributed by atoms with van der Waals surface area (Å²) in [4.78, 5) is 9.18. The summed E-state index contributed by atoms with van der Waals surface area (Å²) in [5.41, 5.74) is 4.72. The average molecular weight is 331 g/mol. The summed E-state index contributed by atoms with van der Waals surface area (Å²) in [6, 6.07) is 15.9. The molecular weight excluding hydrogens is 314 g/mol. The molecule has 0 atom stereocenters. The number of methoxy groups -OCH3 is 1. The van der Waals surface area contributed by atoms with Crippen LogP contribution in [-0.2, 0) is 0 Å². The van der Waals surface area contributed by atoms with Gasteiger partial charge >= 0.3 is 0 Å². The molecule has 4 aromatic rings. The van der Waals surface area contributed by atoms with Crippen LogP contribution >= 0.6 is 0 Å². The highest BCUT2D eigenvalue weighted by molar-refractivity contribution is 5.87. The number of aryl methyl sites for hydroxylation is 2. The number of benzene rings is 2. The first-order chi connectivity index (χ1) is 12.2. The van der Waals surface area contributed by atoms with Gasteiger partial charge in [0.05, 0.1) is 18.2 Å². The molecule has 0 radical (unpaired) electrons. The SMILES string of the molecule is COc1nc2c(C)cccc2cc1-c1noc(-c2ccccc2C)n1. The molecule has 2 aromatic carbocycles. The normalized spacial score (nSPS) is 11.0. The van der Waals surface area contributed by atoms with E-state index in [1.165, 1.54) is 0 Å². The maximum atomic E-state index is 5.48. The molecule has 0 spiro atoms. The van der Waals surface area contributed by atoms with Gasteiger partial charge in [-0.05, 0) is 37.1 Å². The van der Waals surface area contributed by atoms with Crippen molar-refractivity contribution in [1.82, 2.24) is 15.1 Å². The van der Waals surface area contributed by atoms with Gasteiger partial charge in [0, 0.05) is 10.9 Å². The molecule has 124 valence electrons. The Bertz CT molecular complexity index is 1070. The molecule has 0 unspecified atom stereocenters. The lowest BCUT2D eigenvalue weighted by Gasteiger charge is -2.08. The minimum atomic E-state index is 0.464. The third kappa shape index (κ3) is 2.63. The first-order valence-electron chi connectivity index (χ1n) is 8.02. The second-order valence-electron chi connectivity index (χ2n) is 5.93. The number of para-hydroxylation sites is 1. The van der Waals surface area contributed by atoms with Crippen LogP contribution < -0.4 is 4.74 Å². The number of hydrogen-bond donors (Lipinski definition) is 0. The summed E-state index contributed by atoms with van der Waals surface area (Å²) in [6.07, 6.45) is 0. The van der Waals surface area contributed by atoms with E-state index in [1.807, 2.05) is 62.4 Å². The Labute approximate surface area is 145 Å². The van der Waals surface area contributed by atoms with Crippen molar-refractivity contribution in [2.75, 3.05) is 7.11 Å². The van der Waals surface area contributed by atoms with Gasteiger partial charge in [0.2, 0.25) is 11.7 Å². The van der Waals surface area contributed by atoms with Crippen LogP contribution in [0.1, 0.15) is 11.1 Å². The van der Waals surface area contributed by atoms with E-state index in [-0.39, 0.29) is 0 Å². The number of hydrogen-bond acceptors (Lipinski definition) is 5. The summed E-state index contributed by atoms with van der Waals surface area (Å²) >= 11 is 0. The van der Waals surface area contributed by atoms with Gasteiger partial charge in [-0.2, -0.15) is 4.98 Å². The zero-order valence-corrected chi connectivity index (χ0v) is 14.3. The molecule has 0 bridgehead atoms. The van der Waals surface area contributed by atoms with Gasteiger partial charge in [0.1, 0.15) is 0 Å². The summed E-state index contributed by atoms with van der Waals surface area (Å²) in [6.45, 7) is 4.04. The zero-order chi connectivity index (χ0) is 17.4. The van der Waals surface area contributed by atoms with Crippen molar-refractivity contribution in [3.63, 3.8) is 0 Å². The quantitative estimate of drug-likeness (QED) is 0.550. The van der Waals surface area contributed by atoms with Gasteiger partial charge in [-0.3, -0.25) is 0 Å². The van der Waals surface area contributed by atoms with Crippen molar-refractivity contribution in [1.29, 1.82) is 0 Å². The molecule has 0 amide bonds. The predicted octanol–water partition coefficient (Wildman–Crippen LogP) is 4.58. The predicted molar refractivity (Wildman–Crippen MR) is 96.5 cm³/mol. The minimum Gasteiger partial charge on any atom is -0.480 e. The largest absolute Gasteiger partial charge is 0.480 e. The van der Waals surface area contributed by atoms with Crippen LogP contribution in [0.25, 0.3) is 33.7 Å². The molecule has 0 aliphatic heterocycles. The highest BCUT2D eigenvalue weighted by atomic mass is 16.5. The van der Waals surface area contributed by atoms with E-state index in [0.717, 1.165) is 27.6 Å². The third-order valence-electron chi connectivity index (χ3n) is 4.25. The van der Waals surface area contributed by atoms with Crippen LogP contribution in [0.2, 0.25) is 0 Å². The highest BCUT2D eigenvalue weighted by Crippen LogP contribution is 2.32. The summed E-state index contributed by atoms with van der Waals surface area (Å²) in [5.74, 6) is 1.43. The number of ether oxygens (including phenoxy) is 1. The number of rotatable bonds is 3. The number of pyridine rings is 1. The van der Waals surface area contributed by atoms with Crippen molar-refractivity contribution >= 4 is 10.9 Å². The highest BCUT2D eigenvalue weighted by Gasteiger charge is 2.18. The number of nitrogens with zero attached hydrogens (tertiary/aromatic N) is 3. The molecule has 0 aliphatic carbocycles. The lowest BCUT2D eigenvalue weighted by molar-refractivity contribution is 0.399. The molecular formula is C20H17N3O2. The Morgan fingerprint density at radius 3 is 2.48 bits per heavy atom. The van der Waals surface area contributed by atoms with Crippen LogP contribution in [0.3, 0.4) is 0 Å². The van der Waals surface area contributed by atoms with Gasteiger partial charge in [-0.1, -0.05) is 41.6 Å². The Morgan fingerprint density at radius 1 is 0.880 bits per heavy atom. The summed E-state index contributed by atoms with van der Waals surface area (Å²) in [7, 11) is 1.60. The number of fused-ring (bicyclic) bond motifs is 1. The van der Waals surface area contributed by atoms with Crippen molar-refractivity contribution in [3.8, 4) is 28.7 Å². The van der Waals surface area contributed by atoms with Gasteiger partial charge in [0.15, 0.2) is 0 Å². The maximum Gasteiger partial charge on any atom is 0.258 e. The average Bonchev–Trinajstić information content (AvgIpc) is 3.11. The minimum absolute atomic E-state index is 0.464. The Balaban J connectivity index is 1.86. The first kappa shape index (κ1) is 15.3. The standard InChI is InChI=1S/C20H17N3O2/c1-12-7-4-5-10-15(12)20-22-18(23-25-20)16-11-14-9-6-8-13(2)17(14)21-19(16)24-3/h4-11H,1-3H3. The van der Waals surface area contributed by atoms with Gasteiger partial charge in [-0.25, -0.2) is 4.98 Å². The van der Waals surface area contributed by atoms with Gasteiger partial charge < -0.3 is 9.26 Å². The van der Waals surface area contributed by atoms with E-state index in [2.05, 4.69) is 15.1 Å². The van der Waals surface area contributed by atoms with Crippen LogP contribution in [0.15, 0.2) is 53.1 Å². The van der Waals surface area contributed by atoms with Crippen LogP contribution in [0, 0.1) is 13.8 Å². The fourth-order valence-corrected chi connectivity index (χ4v) is 2.90. The maximum absolute atomic E-state index is 5.48. The second kappa shape index (κ2) is 6.02. The van der Waals surface area contributed by atoms with Crippen molar-refractivity contribution < 1.29 is 9.26 Å². The Hall–Kier alpha value is -3.21. The van der Waals surface area contributed by atoms with Crippen molar-refractivity contribution in [2.45, 2.75) is 13.8 Å². The Kier molecular flexibility index (Phi) is 3.69. The van der Waals surface area contributed by atoms with E-state index >= 15 is 0 Å². The molecule has 0 aliphatic rings. The summed E-state index contributed by atoms with van der Waals surface area (Å²) < 4.78 is 10.9. The molecule has 2 heterocycles. The third-order valence-corrected chi connectivity index (χ3v) is 4.25.